The van der Waals surface area contributed by atoms with E-state index in [0.29, 0.717) is 24.6 Å². The van der Waals surface area contributed by atoms with Gasteiger partial charge in [-0.15, -0.1) is 0 Å². The number of rotatable bonds is 7. The van der Waals surface area contributed by atoms with Crippen molar-refractivity contribution in [1.82, 2.24) is 4.98 Å². The van der Waals surface area contributed by atoms with Gasteiger partial charge in [0.25, 0.3) is 0 Å². The van der Waals surface area contributed by atoms with Gasteiger partial charge in [-0.1, -0.05) is 13.3 Å². The van der Waals surface area contributed by atoms with Crippen molar-refractivity contribution < 1.29 is 15.0 Å². The van der Waals surface area contributed by atoms with Crippen LogP contribution >= 0.6 is 0 Å². The molecule has 0 radical (unpaired) electrons. The standard InChI is InChI=1S/C12H19N3O3/c1-2-3-6-15(7-8-16)11-9(13)4-5-10(14-11)12(17)18/h4-5,16H,2-3,6-8,13H2,1H3,(H,17,18). The van der Waals surface area contributed by atoms with Crippen molar-refractivity contribution >= 4 is 17.5 Å². The first-order valence-corrected chi connectivity index (χ1v) is 5.95. The van der Waals surface area contributed by atoms with E-state index < -0.39 is 5.97 Å². The molecule has 0 aliphatic rings. The number of unbranched alkanes of at least 4 members (excludes halogenated alkanes) is 1. The number of carboxylic acid groups (broad SMARTS) is 1. The van der Waals surface area contributed by atoms with Gasteiger partial charge in [-0.2, -0.15) is 0 Å². The molecule has 0 spiro atoms. The number of hydrogen-bond donors (Lipinski definition) is 3. The number of nitrogens with zero attached hydrogens (tertiary/aromatic N) is 2. The van der Waals surface area contributed by atoms with Gasteiger partial charge in [0.15, 0.2) is 11.5 Å². The fourth-order valence-electron chi connectivity index (χ4n) is 1.62. The Morgan fingerprint density at radius 2 is 2.17 bits per heavy atom. The van der Waals surface area contributed by atoms with Crippen molar-refractivity contribution in [3.63, 3.8) is 0 Å². The summed E-state index contributed by atoms with van der Waals surface area (Å²) in [6.45, 7) is 3.11. The van der Waals surface area contributed by atoms with Crippen LogP contribution in [0.4, 0.5) is 11.5 Å². The number of carbonyl (C=O) groups is 1. The SMILES string of the molecule is CCCCN(CCO)c1nc(C(=O)O)ccc1N. The lowest BCUT2D eigenvalue weighted by Crippen LogP contribution is -2.29. The maximum atomic E-state index is 10.9. The third-order valence-corrected chi connectivity index (χ3v) is 2.58. The Hall–Kier alpha value is -1.82. The molecule has 1 heterocycles. The average molecular weight is 253 g/mol. The normalized spacial score (nSPS) is 10.3. The fourth-order valence-corrected chi connectivity index (χ4v) is 1.62. The van der Waals surface area contributed by atoms with Crippen LogP contribution in [0.25, 0.3) is 0 Å². The number of pyridine rings is 1. The molecule has 100 valence electrons. The summed E-state index contributed by atoms with van der Waals surface area (Å²) < 4.78 is 0. The van der Waals surface area contributed by atoms with E-state index in [9.17, 15) is 4.79 Å². The molecule has 0 atom stereocenters. The Kier molecular flexibility index (Phi) is 5.38. The first kappa shape index (κ1) is 14.2. The molecule has 1 aromatic heterocycles. The van der Waals surface area contributed by atoms with Crippen molar-refractivity contribution in [3.05, 3.63) is 17.8 Å². The zero-order valence-corrected chi connectivity index (χ0v) is 10.5. The number of anilines is 2. The molecule has 18 heavy (non-hydrogen) atoms. The van der Waals surface area contributed by atoms with E-state index in [0.717, 1.165) is 12.8 Å². The summed E-state index contributed by atoms with van der Waals surface area (Å²) in [4.78, 5) is 16.7. The summed E-state index contributed by atoms with van der Waals surface area (Å²) in [6, 6.07) is 2.90. The van der Waals surface area contributed by atoms with Crippen molar-refractivity contribution in [3.8, 4) is 0 Å². The lowest BCUT2D eigenvalue weighted by Gasteiger charge is -2.24. The zero-order valence-electron chi connectivity index (χ0n) is 10.5. The Morgan fingerprint density at radius 3 is 2.72 bits per heavy atom. The Morgan fingerprint density at radius 1 is 1.44 bits per heavy atom. The van der Waals surface area contributed by atoms with Crippen LogP contribution in [0.15, 0.2) is 12.1 Å². The summed E-state index contributed by atoms with van der Waals surface area (Å²) >= 11 is 0. The third kappa shape index (κ3) is 3.59. The lowest BCUT2D eigenvalue weighted by molar-refractivity contribution is 0.0690. The van der Waals surface area contributed by atoms with Crippen LogP contribution < -0.4 is 10.6 Å². The molecule has 0 bridgehead atoms. The lowest BCUT2D eigenvalue weighted by atomic mass is 10.2. The molecule has 0 amide bonds. The van der Waals surface area contributed by atoms with E-state index in [-0.39, 0.29) is 12.3 Å². The van der Waals surface area contributed by atoms with Gasteiger partial charge in [0.2, 0.25) is 0 Å². The summed E-state index contributed by atoms with van der Waals surface area (Å²) in [5, 5.41) is 18.0. The number of nitrogens with two attached hydrogens (primary N) is 1. The van der Waals surface area contributed by atoms with E-state index in [1.807, 2.05) is 4.90 Å². The molecule has 4 N–H and O–H groups in total. The minimum absolute atomic E-state index is 0.0257. The van der Waals surface area contributed by atoms with E-state index in [1.54, 1.807) is 0 Å². The van der Waals surface area contributed by atoms with E-state index in [4.69, 9.17) is 15.9 Å². The highest BCUT2D eigenvalue weighted by Gasteiger charge is 2.14. The molecule has 0 aliphatic carbocycles. The quantitative estimate of drug-likeness (QED) is 0.669. The van der Waals surface area contributed by atoms with Crippen LogP contribution in [0, 0.1) is 0 Å². The minimum atomic E-state index is -1.09. The molecule has 1 aromatic rings. The molecule has 0 saturated carbocycles. The predicted octanol–water partition coefficient (Wildman–Crippen LogP) is 0.961. The minimum Gasteiger partial charge on any atom is -0.477 e. The fraction of sp³-hybridized carbons (Fsp3) is 0.500. The maximum Gasteiger partial charge on any atom is 0.354 e. The van der Waals surface area contributed by atoms with Gasteiger partial charge >= 0.3 is 5.97 Å². The van der Waals surface area contributed by atoms with Gasteiger partial charge in [0, 0.05) is 13.1 Å². The first-order valence-electron chi connectivity index (χ1n) is 5.95. The van der Waals surface area contributed by atoms with Gasteiger partial charge in [-0.05, 0) is 18.6 Å². The molecule has 0 fully saturated rings. The summed E-state index contributed by atoms with van der Waals surface area (Å²) in [5.74, 6) is -0.659. The molecule has 6 nitrogen and oxygen atoms in total. The highest BCUT2D eigenvalue weighted by molar-refractivity contribution is 5.86. The van der Waals surface area contributed by atoms with Crippen LogP contribution in [-0.2, 0) is 0 Å². The number of aromatic carboxylic acids is 1. The molecule has 0 aromatic carbocycles. The number of aliphatic hydroxyl groups is 1. The molecule has 1 rings (SSSR count). The summed E-state index contributed by atoms with van der Waals surface area (Å²) in [6.07, 6.45) is 1.93. The van der Waals surface area contributed by atoms with Crippen molar-refractivity contribution in [2.75, 3.05) is 30.3 Å². The number of carboxylic acids is 1. The Bertz CT molecular complexity index is 410. The number of nitrogen functional groups attached to an aromatic ring is 1. The van der Waals surface area contributed by atoms with Crippen molar-refractivity contribution in [1.29, 1.82) is 0 Å². The van der Waals surface area contributed by atoms with E-state index >= 15 is 0 Å². The average Bonchev–Trinajstić information content (AvgIpc) is 2.35. The molecular formula is C12H19N3O3. The van der Waals surface area contributed by atoms with Gasteiger partial charge < -0.3 is 20.8 Å². The van der Waals surface area contributed by atoms with E-state index in [2.05, 4.69) is 11.9 Å². The molecule has 0 saturated heterocycles. The smallest absolute Gasteiger partial charge is 0.354 e. The largest absolute Gasteiger partial charge is 0.477 e. The van der Waals surface area contributed by atoms with Crippen molar-refractivity contribution in [2.24, 2.45) is 0 Å². The molecule has 0 unspecified atom stereocenters. The van der Waals surface area contributed by atoms with Crippen LogP contribution in [-0.4, -0.2) is 40.9 Å². The molecular weight excluding hydrogens is 234 g/mol. The molecule has 0 aliphatic heterocycles. The maximum absolute atomic E-state index is 10.9. The van der Waals surface area contributed by atoms with Gasteiger partial charge in [-0.3, -0.25) is 0 Å². The molecule has 6 heteroatoms. The topological polar surface area (TPSA) is 99.7 Å². The monoisotopic (exact) mass is 253 g/mol. The van der Waals surface area contributed by atoms with Gasteiger partial charge in [0.1, 0.15) is 0 Å². The van der Waals surface area contributed by atoms with Crippen LogP contribution in [0.1, 0.15) is 30.3 Å². The third-order valence-electron chi connectivity index (χ3n) is 2.58. The second kappa shape index (κ2) is 6.80. The van der Waals surface area contributed by atoms with Crippen LogP contribution in [0.5, 0.6) is 0 Å². The van der Waals surface area contributed by atoms with Crippen molar-refractivity contribution in [2.45, 2.75) is 19.8 Å². The second-order valence-corrected chi connectivity index (χ2v) is 3.98. The second-order valence-electron chi connectivity index (χ2n) is 3.98. The Balaban J connectivity index is 3.01. The summed E-state index contributed by atoms with van der Waals surface area (Å²) in [5.41, 5.74) is 6.19. The Labute approximate surface area is 106 Å². The number of aromatic nitrogens is 1. The first-order chi connectivity index (χ1) is 8.60. The van der Waals surface area contributed by atoms with E-state index in [1.165, 1.54) is 12.1 Å². The highest BCUT2D eigenvalue weighted by Crippen LogP contribution is 2.21. The summed E-state index contributed by atoms with van der Waals surface area (Å²) in [7, 11) is 0. The number of hydrogen-bond acceptors (Lipinski definition) is 5. The number of aliphatic hydroxyl groups excluding tert-OH is 1. The zero-order chi connectivity index (χ0) is 13.5. The van der Waals surface area contributed by atoms with Gasteiger partial charge in [0.05, 0.1) is 12.3 Å². The van der Waals surface area contributed by atoms with Crippen LogP contribution in [0.2, 0.25) is 0 Å². The van der Waals surface area contributed by atoms with Crippen LogP contribution in [0.3, 0.4) is 0 Å². The highest BCUT2D eigenvalue weighted by atomic mass is 16.4. The predicted molar refractivity (Wildman–Crippen MR) is 69.8 cm³/mol. The van der Waals surface area contributed by atoms with Gasteiger partial charge in [-0.25, -0.2) is 9.78 Å².